The number of hydrogen-bond acceptors (Lipinski definition) is 15. The van der Waals surface area contributed by atoms with Crippen LogP contribution in [0.4, 0.5) is 43.4 Å². The van der Waals surface area contributed by atoms with Gasteiger partial charge in [0.2, 0.25) is 0 Å². The lowest BCUT2D eigenvalue weighted by molar-refractivity contribution is -0.385. The Kier molecular flexibility index (Phi) is 26.9. The minimum Gasteiger partial charge on any atom is -0.478 e. The monoisotopic (exact) mass is 1330 g/mol. The summed E-state index contributed by atoms with van der Waals surface area (Å²) in [6, 6.07) is 38.2. The SMILES string of the molecule is CC(=NC(=N)c1cccc(C(F)(F)F)c1)NC(=O)c1cc(Cl)ccc1[N+](=O)[O-].CC(=NC(=N)c1cccc(C(F)(F)F)c1)NC(=O)c1cc(N2CCCCC2)ccc1[N+](=O)[O-].COC(=O)c1cccc(C)c1.Cc1cccc(C(=O)O)c1.Cc1cccc(C2=NN=C(N)C2)c1. The molecule has 0 spiro atoms. The molecule has 2 aliphatic rings. The fraction of sp³-hybridized carbons (Fsp3) is 0.212. The van der Waals surface area contributed by atoms with Crippen LogP contribution in [0.5, 0.6) is 0 Å². The van der Waals surface area contributed by atoms with Crippen molar-refractivity contribution in [3.8, 4) is 0 Å². The first-order chi connectivity index (χ1) is 44.7. The van der Waals surface area contributed by atoms with E-state index in [-0.39, 0.29) is 50.6 Å². The van der Waals surface area contributed by atoms with E-state index in [1.54, 1.807) is 36.4 Å². The Morgan fingerprint density at radius 1 is 0.611 bits per heavy atom. The summed E-state index contributed by atoms with van der Waals surface area (Å²) in [5, 5.41) is 59.3. The molecule has 22 nitrogen and oxygen atoms in total. The van der Waals surface area contributed by atoms with Crippen molar-refractivity contribution >= 4 is 87.3 Å². The third kappa shape index (κ3) is 23.4. The number of amidine groups is 5. The van der Waals surface area contributed by atoms with Gasteiger partial charge >= 0.3 is 24.3 Å². The lowest BCUT2D eigenvalue weighted by atomic mass is 10.1. The molecule has 7 aromatic carbocycles. The Labute approximate surface area is 545 Å². The number of nitrogens with zero attached hydrogens (tertiary/aromatic N) is 7. The number of carbonyl (C=O) groups excluding carboxylic acids is 3. The first kappa shape index (κ1) is 74.4. The predicted octanol–water partition coefficient (Wildman–Crippen LogP) is 14.2. The van der Waals surface area contributed by atoms with Gasteiger partial charge in [-0.15, -0.1) is 5.10 Å². The smallest absolute Gasteiger partial charge is 0.416 e. The number of ether oxygens (including phenoxy) is 1. The molecule has 496 valence electrons. The number of nitro benzene ring substituents is 2. The molecule has 0 aromatic heterocycles. The lowest BCUT2D eigenvalue weighted by Gasteiger charge is -2.29. The second-order valence-corrected chi connectivity index (χ2v) is 21.2. The number of nitrogens with two attached hydrogens (primary N) is 1. The van der Waals surface area contributed by atoms with Crippen molar-refractivity contribution in [3.05, 3.63) is 250 Å². The van der Waals surface area contributed by atoms with Crippen molar-refractivity contribution in [2.75, 3.05) is 25.1 Å². The van der Waals surface area contributed by atoms with Crippen LogP contribution in [-0.4, -0.2) is 93.8 Å². The summed E-state index contributed by atoms with van der Waals surface area (Å²) >= 11 is 5.76. The molecule has 7 N–H and O–H groups in total. The number of carboxylic acid groups (broad SMARTS) is 1. The van der Waals surface area contributed by atoms with Crippen LogP contribution in [0.3, 0.4) is 0 Å². The number of carboxylic acids is 1. The Balaban J connectivity index is 0.000000234. The van der Waals surface area contributed by atoms with Crippen molar-refractivity contribution < 1.29 is 65.2 Å². The summed E-state index contributed by atoms with van der Waals surface area (Å²) in [5.74, 6) is -3.48. The van der Waals surface area contributed by atoms with E-state index in [1.165, 1.54) is 56.9 Å². The highest BCUT2D eigenvalue weighted by atomic mass is 35.5. The zero-order chi connectivity index (χ0) is 70.3. The van der Waals surface area contributed by atoms with E-state index in [2.05, 4.69) is 54.6 Å². The van der Waals surface area contributed by atoms with Gasteiger partial charge in [-0.1, -0.05) is 101 Å². The number of nitro groups is 2. The van der Waals surface area contributed by atoms with Crippen molar-refractivity contribution in [1.82, 2.24) is 10.6 Å². The van der Waals surface area contributed by atoms with Gasteiger partial charge in [-0.2, -0.15) is 31.4 Å². The number of alkyl halides is 6. The molecule has 0 unspecified atom stereocenters. The zero-order valence-electron chi connectivity index (χ0n) is 51.7. The van der Waals surface area contributed by atoms with Gasteiger partial charge in [-0.25, -0.2) is 19.6 Å². The maximum atomic E-state index is 12.9. The molecule has 95 heavy (non-hydrogen) atoms. The zero-order valence-corrected chi connectivity index (χ0v) is 52.5. The minimum absolute atomic E-state index is 0.0833. The number of methoxy groups -OCH3 is 1. The quantitative estimate of drug-likeness (QED) is 0.0186. The highest BCUT2D eigenvalue weighted by Gasteiger charge is 2.32. The van der Waals surface area contributed by atoms with Gasteiger partial charge in [0, 0.05) is 47.1 Å². The van der Waals surface area contributed by atoms with E-state index in [1.807, 2.05) is 49.1 Å². The first-order valence-electron chi connectivity index (χ1n) is 28.4. The van der Waals surface area contributed by atoms with Gasteiger partial charge in [0.1, 0.15) is 28.6 Å². The van der Waals surface area contributed by atoms with Crippen LogP contribution in [0.2, 0.25) is 5.02 Å². The maximum absolute atomic E-state index is 12.9. The Morgan fingerprint density at radius 3 is 1.48 bits per heavy atom. The van der Waals surface area contributed by atoms with Gasteiger partial charge in [-0.05, 0) is 132 Å². The number of aliphatic imine (C=N–C) groups is 2. The van der Waals surface area contributed by atoms with E-state index in [4.69, 9.17) is 33.3 Å². The molecule has 0 radical (unpaired) electrons. The summed E-state index contributed by atoms with van der Waals surface area (Å²) < 4.78 is 81.5. The van der Waals surface area contributed by atoms with E-state index >= 15 is 0 Å². The lowest BCUT2D eigenvalue weighted by Crippen LogP contribution is -2.31. The summed E-state index contributed by atoms with van der Waals surface area (Å²) in [6.45, 7) is 10.1. The topological polar surface area (TPSA) is 334 Å². The summed E-state index contributed by atoms with van der Waals surface area (Å²) in [7, 11) is 1.38. The van der Waals surface area contributed by atoms with Gasteiger partial charge < -0.3 is 31.1 Å². The molecule has 7 aromatic rings. The largest absolute Gasteiger partial charge is 0.478 e. The first-order valence-corrected chi connectivity index (χ1v) is 28.8. The average molecular weight is 1330 g/mol. The number of nitrogens with one attached hydrogen (secondary N) is 4. The molecule has 2 aliphatic heterocycles. The molecule has 29 heteroatoms. The molecule has 2 amide bonds. The fourth-order valence-electron chi connectivity index (χ4n) is 8.75. The molecule has 1 saturated heterocycles. The number of hydrogen-bond donors (Lipinski definition) is 6. The molecular formula is C66H63ClF6N12O10. The maximum Gasteiger partial charge on any atom is 0.416 e. The van der Waals surface area contributed by atoms with Crippen LogP contribution < -0.4 is 21.3 Å². The number of carbonyl (C=O) groups is 4. The molecule has 9 rings (SSSR count). The van der Waals surface area contributed by atoms with E-state index in [0.717, 1.165) is 103 Å². The second-order valence-electron chi connectivity index (χ2n) is 20.8. The standard InChI is InChI=1S/C22H22F3N5O3.C17H12ClF3N4O3.C10H11N3.C9H10O2.C8H8O2/c1-14(27-20(26)15-6-5-7-16(12-15)22(23,24)25)28-21(31)18-13-17(8-9-19(18)30(32)33)29-10-3-2-4-11-29;1-9(23-15(22)10-3-2-4-11(7-10)17(19,20)21)24-16(26)13-8-12(18)5-6-14(13)25(27)28;1-7-3-2-4-8(5-7)9-6-10(11)13-12-9;1-7-4-3-5-8(6-7)9(10)11-2;1-6-3-2-4-7(5-6)8(9)10/h5-9,12-13H,2-4,10-11H2,1H3,(H2,26,27,28,31);2-8H,1H3,(H2,22,23,24,26);2-5H,6H2,1H3,(H2,11,13);3-6H,1-2H3;2-5H,1H3,(H,9,10). The third-order valence-electron chi connectivity index (χ3n) is 13.3. The number of halogens is 7. The van der Waals surface area contributed by atoms with Crippen LogP contribution >= 0.6 is 11.6 Å². The molecular weight excluding hydrogens is 1270 g/mol. The number of anilines is 1. The van der Waals surface area contributed by atoms with Gasteiger partial charge in [-0.3, -0.25) is 40.6 Å². The molecule has 0 saturated carbocycles. The van der Waals surface area contributed by atoms with Crippen LogP contribution in [-0.2, 0) is 17.1 Å². The van der Waals surface area contributed by atoms with Crippen molar-refractivity contribution in [2.24, 2.45) is 25.9 Å². The number of amides is 2. The summed E-state index contributed by atoms with van der Waals surface area (Å²) in [5.41, 5.74) is 9.10. The number of aryl methyl sites for hydroxylation is 3. The highest BCUT2D eigenvalue weighted by molar-refractivity contribution is 6.31. The number of rotatable bonds is 10. The molecule has 0 aliphatic carbocycles. The van der Waals surface area contributed by atoms with E-state index in [0.29, 0.717) is 29.1 Å². The van der Waals surface area contributed by atoms with Crippen molar-refractivity contribution in [2.45, 2.75) is 72.7 Å². The Morgan fingerprint density at radius 2 is 1.05 bits per heavy atom. The van der Waals surface area contributed by atoms with Gasteiger partial charge in [0.05, 0.1) is 51.3 Å². The molecule has 0 atom stereocenters. The number of benzene rings is 7. The van der Waals surface area contributed by atoms with Crippen LogP contribution in [0, 0.1) is 51.8 Å². The second kappa shape index (κ2) is 34.4. The molecule has 1 fully saturated rings. The van der Waals surface area contributed by atoms with Crippen LogP contribution in [0.25, 0.3) is 0 Å². The Bertz CT molecular complexity index is 4150. The summed E-state index contributed by atoms with van der Waals surface area (Å²) in [4.78, 5) is 77.0. The van der Waals surface area contributed by atoms with E-state index < -0.39 is 68.5 Å². The normalized spacial score (nSPS) is 12.7. The third-order valence-corrected chi connectivity index (χ3v) is 13.6. The van der Waals surface area contributed by atoms with E-state index in [9.17, 15) is 65.7 Å². The fourth-order valence-corrected chi connectivity index (χ4v) is 8.92. The van der Waals surface area contributed by atoms with Crippen LogP contribution in [0.1, 0.15) is 125 Å². The van der Waals surface area contributed by atoms with Crippen LogP contribution in [0.15, 0.2) is 178 Å². The van der Waals surface area contributed by atoms with Crippen molar-refractivity contribution in [3.63, 3.8) is 0 Å². The Hall–Kier alpha value is -11.3. The highest BCUT2D eigenvalue weighted by Crippen LogP contribution is 2.32. The molecule has 2 heterocycles. The number of aromatic carboxylic acids is 1. The minimum atomic E-state index is -4.57. The number of piperidine rings is 1. The average Bonchev–Trinajstić information content (AvgIpc) is 1.60. The molecule has 0 bridgehead atoms. The van der Waals surface area contributed by atoms with Crippen molar-refractivity contribution in [1.29, 1.82) is 10.8 Å². The summed E-state index contributed by atoms with van der Waals surface area (Å²) in [6.07, 6.45) is -5.39. The predicted molar refractivity (Wildman–Crippen MR) is 350 cm³/mol. The van der Waals surface area contributed by atoms with Gasteiger partial charge in [0.15, 0.2) is 11.7 Å². The van der Waals surface area contributed by atoms with Gasteiger partial charge in [0.25, 0.3) is 23.2 Å². The number of esters is 1.